The van der Waals surface area contributed by atoms with E-state index in [1.807, 2.05) is 12.1 Å². The van der Waals surface area contributed by atoms with Crippen molar-refractivity contribution in [1.82, 2.24) is 9.97 Å². The molecule has 0 spiro atoms. The van der Waals surface area contributed by atoms with E-state index in [0.29, 0.717) is 11.6 Å². The summed E-state index contributed by atoms with van der Waals surface area (Å²) in [5, 5.41) is 0.681. The number of aromatic nitrogens is 2. The van der Waals surface area contributed by atoms with Crippen LogP contribution in [0.2, 0.25) is 5.02 Å². The zero-order chi connectivity index (χ0) is 10.1. The highest BCUT2D eigenvalue weighted by molar-refractivity contribution is 9.10. The van der Waals surface area contributed by atoms with E-state index in [0.717, 1.165) is 27.8 Å². The predicted octanol–water partition coefficient (Wildman–Crippen LogP) is 2.48. The first kappa shape index (κ1) is 9.96. The van der Waals surface area contributed by atoms with Gasteiger partial charge in [-0.3, -0.25) is 0 Å². The second-order valence-corrected chi connectivity index (χ2v) is 4.27. The second kappa shape index (κ2) is 3.88. The Balaban J connectivity index is 2.54. The molecule has 0 fully saturated rings. The van der Waals surface area contributed by atoms with Crippen LogP contribution in [0.25, 0.3) is 11.0 Å². The molecule has 14 heavy (non-hydrogen) atoms. The number of rotatable bonds is 2. The van der Waals surface area contributed by atoms with Gasteiger partial charge in [0.15, 0.2) is 0 Å². The highest BCUT2D eigenvalue weighted by atomic mass is 79.9. The number of hydrogen-bond donors (Lipinski definition) is 2. The first-order valence-electron chi connectivity index (χ1n) is 4.24. The Morgan fingerprint density at radius 2 is 2.29 bits per heavy atom. The van der Waals surface area contributed by atoms with Crippen molar-refractivity contribution in [1.29, 1.82) is 0 Å². The molecule has 0 bridgehead atoms. The zero-order valence-electron chi connectivity index (χ0n) is 7.35. The van der Waals surface area contributed by atoms with Gasteiger partial charge in [0, 0.05) is 10.9 Å². The molecule has 2 rings (SSSR count). The summed E-state index contributed by atoms with van der Waals surface area (Å²) in [4.78, 5) is 7.55. The van der Waals surface area contributed by atoms with Crippen LogP contribution in [0.3, 0.4) is 0 Å². The number of imidazole rings is 1. The molecule has 0 unspecified atom stereocenters. The second-order valence-electron chi connectivity index (χ2n) is 3.01. The van der Waals surface area contributed by atoms with E-state index in [1.165, 1.54) is 0 Å². The molecule has 0 saturated carbocycles. The third-order valence-electron chi connectivity index (χ3n) is 1.95. The highest BCUT2D eigenvalue weighted by Gasteiger charge is 2.05. The monoisotopic (exact) mass is 273 g/mol. The first-order chi connectivity index (χ1) is 6.70. The van der Waals surface area contributed by atoms with Gasteiger partial charge in [0.05, 0.1) is 16.1 Å². The van der Waals surface area contributed by atoms with E-state index in [9.17, 15) is 0 Å². The maximum Gasteiger partial charge on any atom is 0.108 e. The molecule has 0 aliphatic rings. The van der Waals surface area contributed by atoms with Gasteiger partial charge >= 0.3 is 0 Å². The molecule has 74 valence electrons. The molecule has 0 aliphatic carbocycles. The Hall–Kier alpha value is -0.580. The van der Waals surface area contributed by atoms with Crippen molar-refractivity contribution in [3.05, 3.63) is 27.5 Å². The summed E-state index contributed by atoms with van der Waals surface area (Å²) in [6.07, 6.45) is 0.754. The molecule has 5 heteroatoms. The fraction of sp³-hybridized carbons (Fsp3) is 0.222. The van der Waals surface area contributed by atoms with Crippen LogP contribution in [0, 0.1) is 0 Å². The third-order valence-corrected chi connectivity index (χ3v) is 3.15. The Labute approximate surface area is 94.8 Å². The van der Waals surface area contributed by atoms with Crippen molar-refractivity contribution < 1.29 is 0 Å². The molecule has 1 aromatic carbocycles. The number of hydrogen-bond acceptors (Lipinski definition) is 2. The van der Waals surface area contributed by atoms with Crippen molar-refractivity contribution in [2.75, 3.05) is 6.54 Å². The van der Waals surface area contributed by atoms with Gasteiger partial charge in [0.1, 0.15) is 5.82 Å². The fourth-order valence-electron chi connectivity index (χ4n) is 1.31. The number of nitrogens with one attached hydrogen (secondary N) is 1. The zero-order valence-corrected chi connectivity index (χ0v) is 9.69. The Morgan fingerprint density at radius 3 is 3.00 bits per heavy atom. The van der Waals surface area contributed by atoms with Crippen molar-refractivity contribution in [3.63, 3.8) is 0 Å². The van der Waals surface area contributed by atoms with E-state index < -0.39 is 0 Å². The molecule has 3 N–H and O–H groups in total. The highest BCUT2D eigenvalue weighted by Crippen LogP contribution is 2.26. The summed E-state index contributed by atoms with van der Waals surface area (Å²) in [7, 11) is 0. The summed E-state index contributed by atoms with van der Waals surface area (Å²) in [5.41, 5.74) is 7.30. The van der Waals surface area contributed by atoms with Crippen molar-refractivity contribution in [2.45, 2.75) is 6.42 Å². The van der Waals surface area contributed by atoms with Crippen LogP contribution in [-0.4, -0.2) is 16.5 Å². The van der Waals surface area contributed by atoms with Gasteiger partial charge in [-0.05, 0) is 34.6 Å². The summed E-state index contributed by atoms with van der Waals surface area (Å²) in [5.74, 6) is 0.900. The van der Waals surface area contributed by atoms with Gasteiger partial charge in [0.2, 0.25) is 0 Å². The Kier molecular flexibility index (Phi) is 2.76. The number of H-pyrrole nitrogens is 1. The van der Waals surface area contributed by atoms with Crippen molar-refractivity contribution in [2.24, 2.45) is 5.73 Å². The molecule has 0 saturated heterocycles. The van der Waals surface area contributed by atoms with E-state index in [-0.39, 0.29) is 0 Å². The average molecular weight is 275 g/mol. The van der Waals surface area contributed by atoms with E-state index in [4.69, 9.17) is 17.3 Å². The van der Waals surface area contributed by atoms with Crippen LogP contribution in [0.4, 0.5) is 0 Å². The SMILES string of the molecule is NCCc1nc2cc(Br)c(Cl)cc2[nH]1. The molecule has 1 heterocycles. The number of fused-ring (bicyclic) bond motifs is 1. The molecule has 0 aliphatic heterocycles. The largest absolute Gasteiger partial charge is 0.342 e. The number of halogens is 2. The number of benzene rings is 1. The molecule has 2 aromatic rings. The van der Waals surface area contributed by atoms with E-state index >= 15 is 0 Å². The third kappa shape index (κ3) is 1.78. The molecular weight excluding hydrogens is 265 g/mol. The fourth-order valence-corrected chi connectivity index (χ4v) is 1.81. The Morgan fingerprint density at radius 1 is 1.50 bits per heavy atom. The minimum absolute atomic E-state index is 0.592. The standard InChI is InChI=1S/C9H9BrClN3/c10-5-3-7-8(4-6(5)11)14-9(13-7)1-2-12/h3-4H,1-2,12H2,(H,13,14). The molecule has 1 aromatic heterocycles. The lowest BCUT2D eigenvalue weighted by Gasteiger charge is -1.93. The minimum Gasteiger partial charge on any atom is -0.342 e. The summed E-state index contributed by atoms with van der Waals surface area (Å²) in [6, 6.07) is 3.75. The quantitative estimate of drug-likeness (QED) is 0.884. The topological polar surface area (TPSA) is 54.7 Å². The van der Waals surface area contributed by atoms with Crippen molar-refractivity contribution in [3.8, 4) is 0 Å². The molecule has 0 amide bonds. The van der Waals surface area contributed by atoms with E-state index in [2.05, 4.69) is 25.9 Å². The minimum atomic E-state index is 0.592. The number of nitrogens with zero attached hydrogens (tertiary/aromatic N) is 1. The van der Waals surface area contributed by atoms with Gasteiger partial charge < -0.3 is 10.7 Å². The van der Waals surface area contributed by atoms with Gasteiger partial charge in [-0.15, -0.1) is 0 Å². The number of nitrogens with two attached hydrogens (primary N) is 1. The van der Waals surface area contributed by atoms with Gasteiger partial charge in [0.25, 0.3) is 0 Å². The van der Waals surface area contributed by atoms with Crippen LogP contribution in [0.5, 0.6) is 0 Å². The Bertz CT molecular complexity index is 427. The normalized spacial score (nSPS) is 11.1. The lowest BCUT2D eigenvalue weighted by atomic mass is 10.3. The molecule has 0 radical (unpaired) electrons. The molecule has 0 atom stereocenters. The summed E-state index contributed by atoms with van der Waals surface area (Å²) in [6.45, 7) is 0.592. The predicted molar refractivity (Wildman–Crippen MR) is 61.6 cm³/mol. The smallest absolute Gasteiger partial charge is 0.108 e. The van der Waals surface area contributed by atoms with Gasteiger partial charge in [-0.1, -0.05) is 11.6 Å². The van der Waals surface area contributed by atoms with Crippen LogP contribution in [-0.2, 0) is 6.42 Å². The molecular formula is C9H9BrClN3. The van der Waals surface area contributed by atoms with Crippen LogP contribution < -0.4 is 5.73 Å². The first-order valence-corrected chi connectivity index (χ1v) is 5.41. The lowest BCUT2D eigenvalue weighted by molar-refractivity contribution is 0.900. The van der Waals surface area contributed by atoms with Gasteiger partial charge in [-0.2, -0.15) is 0 Å². The summed E-state index contributed by atoms with van der Waals surface area (Å²) < 4.78 is 0.859. The lowest BCUT2D eigenvalue weighted by Crippen LogP contribution is -2.03. The average Bonchev–Trinajstić information content (AvgIpc) is 2.48. The van der Waals surface area contributed by atoms with Crippen LogP contribution >= 0.6 is 27.5 Å². The number of aromatic amines is 1. The summed E-state index contributed by atoms with van der Waals surface area (Å²) >= 11 is 9.31. The van der Waals surface area contributed by atoms with Crippen LogP contribution in [0.15, 0.2) is 16.6 Å². The van der Waals surface area contributed by atoms with Crippen molar-refractivity contribution >= 4 is 38.6 Å². The maximum atomic E-state index is 5.95. The molecule has 3 nitrogen and oxygen atoms in total. The van der Waals surface area contributed by atoms with E-state index in [1.54, 1.807) is 0 Å². The van der Waals surface area contributed by atoms with Gasteiger partial charge in [-0.25, -0.2) is 4.98 Å². The van der Waals surface area contributed by atoms with Crippen LogP contribution in [0.1, 0.15) is 5.82 Å². The maximum absolute atomic E-state index is 5.95.